The number of hydrogen-bond acceptors (Lipinski definition) is 4. The van der Waals surface area contributed by atoms with Crippen LogP contribution in [0.25, 0.3) is 0 Å². The quantitative estimate of drug-likeness (QED) is 0.712. The Morgan fingerprint density at radius 3 is 3.00 bits per heavy atom. The summed E-state index contributed by atoms with van der Waals surface area (Å²) in [5.41, 5.74) is 1.16. The van der Waals surface area contributed by atoms with Crippen molar-refractivity contribution in [3.63, 3.8) is 0 Å². The molecule has 0 saturated carbocycles. The zero-order valence-corrected chi connectivity index (χ0v) is 11.3. The predicted molar refractivity (Wildman–Crippen MR) is 69.0 cm³/mol. The molecule has 0 spiro atoms. The Morgan fingerprint density at radius 2 is 2.31 bits per heavy atom. The Bertz CT molecular complexity index is 288. The van der Waals surface area contributed by atoms with Crippen LogP contribution >= 0.6 is 11.3 Å². The maximum atomic E-state index is 5.32. The smallest absolute Gasteiger partial charge is 0.0951 e. The van der Waals surface area contributed by atoms with E-state index in [9.17, 15) is 0 Å². The van der Waals surface area contributed by atoms with Crippen LogP contribution in [0.2, 0.25) is 0 Å². The first-order valence-corrected chi connectivity index (χ1v) is 6.91. The van der Waals surface area contributed by atoms with Gasteiger partial charge in [-0.25, -0.2) is 4.98 Å². The molecule has 1 heterocycles. The van der Waals surface area contributed by atoms with Gasteiger partial charge < -0.3 is 10.1 Å². The van der Waals surface area contributed by atoms with E-state index >= 15 is 0 Å². The van der Waals surface area contributed by atoms with Crippen molar-refractivity contribution in [1.29, 1.82) is 0 Å². The molecular weight excluding hydrogens is 220 g/mol. The molecule has 0 bridgehead atoms. The number of thiazole rings is 1. The first kappa shape index (κ1) is 13.6. The molecule has 0 fully saturated rings. The number of nitrogens with one attached hydrogen (secondary N) is 1. The molecule has 0 saturated heterocycles. The predicted octanol–water partition coefficient (Wildman–Crippen LogP) is 2.78. The number of nitrogens with zero attached hydrogens (tertiary/aromatic N) is 1. The van der Waals surface area contributed by atoms with Crippen LogP contribution in [-0.4, -0.2) is 24.7 Å². The van der Waals surface area contributed by atoms with Gasteiger partial charge in [0.2, 0.25) is 0 Å². The van der Waals surface area contributed by atoms with Gasteiger partial charge in [-0.2, -0.15) is 0 Å². The van der Waals surface area contributed by atoms with E-state index in [2.05, 4.69) is 29.5 Å². The summed E-state index contributed by atoms with van der Waals surface area (Å²) in [4.78, 5) is 4.61. The third kappa shape index (κ3) is 4.60. The second-order valence-corrected chi connectivity index (χ2v) is 4.73. The van der Waals surface area contributed by atoms with E-state index in [0.717, 1.165) is 38.3 Å². The van der Waals surface area contributed by atoms with Crippen LogP contribution in [-0.2, 0) is 11.2 Å². The van der Waals surface area contributed by atoms with E-state index < -0.39 is 0 Å². The van der Waals surface area contributed by atoms with Gasteiger partial charge in [0.15, 0.2) is 0 Å². The summed E-state index contributed by atoms with van der Waals surface area (Å²) in [5.74, 6) is 0. The number of ether oxygens (including phenoxy) is 1. The second-order valence-electron chi connectivity index (χ2n) is 3.79. The van der Waals surface area contributed by atoms with Crippen LogP contribution < -0.4 is 5.32 Å². The van der Waals surface area contributed by atoms with Crippen molar-refractivity contribution in [3.8, 4) is 0 Å². The van der Waals surface area contributed by atoms with Gasteiger partial charge in [0.05, 0.1) is 17.3 Å². The average molecular weight is 242 g/mol. The Balaban J connectivity index is 2.37. The zero-order valence-electron chi connectivity index (χ0n) is 10.5. The van der Waals surface area contributed by atoms with Gasteiger partial charge in [-0.05, 0) is 26.8 Å². The summed E-state index contributed by atoms with van der Waals surface area (Å²) in [7, 11) is 0. The van der Waals surface area contributed by atoms with E-state index in [0.29, 0.717) is 6.04 Å². The minimum absolute atomic E-state index is 0.358. The molecule has 1 atom stereocenters. The fourth-order valence-electron chi connectivity index (χ4n) is 1.41. The number of rotatable bonds is 8. The van der Waals surface area contributed by atoms with Crippen molar-refractivity contribution in [2.75, 3.05) is 19.8 Å². The SMILES string of the molecule is CCCNC(C)c1csc(CCOCC)n1. The lowest BCUT2D eigenvalue weighted by molar-refractivity contribution is 0.151. The molecule has 1 aromatic rings. The van der Waals surface area contributed by atoms with Crippen molar-refractivity contribution in [1.82, 2.24) is 10.3 Å². The van der Waals surface area contributed by atoms with Gasteiger partial charge in [0, 0.05) is 24.4 Å². The van der Waals surface area contributed by atoms with E-state index in [1.54, 1.807) is 11.3 Å². The summed E-state index contributed by atoms with van der Waals surface area (Å²) < 4.78 is 5.32. The molecule has 1 N–H and O–H groups in total. The van der Waals surface area contributed by atoms with E-state index in [1.807, 2.05) is 6.92 Å². The summed E-state index contributed by atoms with van der Waals surface area (Å²) in [6.45, 7) is 8.97. The highest BCUT2D eigenvalue weighted by atomic mass is 32.1. The van der Waals surface area contributed by atoms with Gasteiger partial charge in [0.1, 0.15) is 0 Å². The highest BCUT2D eigenvalue weighted by Crippen LogP contribution is 2.16. The van der Waals surface area contributed by atoms with Crippen LogP contribution in [0.4, 0.5) is 0 Å². The molecule has 1 aromatic heterocycles. The molecule has 0 radical (unpaired) electrons. The van der Waals surface area contributed by atoms with Gasteiger partial charge in [-0.15, -0.1) is 11.3 Å². The largest absolute Gasteiger partial charge is 0.381 e. The third-order valence-corrected chi connectivity index (χ3v) is 3.30. The number of hydrogen-bond donors (Lipinski definition) is 1. The van der Waals surface area contributed by atoms with Gasteiger partial charge in [-0.3, -0.25) is 0 Å². The molecule has 0 aliphatic rings. The second kappa shape index (κ2) is 7.76. The molecule has 1 rings (SSSR count). The molecule has 3 nitrogen and oxygen atoms in total. The standard InChI is InChI=1S/C12H22N2OS/c1-4-7-13-10(3)11-9-16-12(14-11)6-8-15-5-2/h9-10,13H,4-8H2,1-3H3. The summed E-state index contributed by atoms with van der Waals surface area (Å²) in [6.07, 6.45) is 2.09. The van der Waals surface area contributed by atoms with E-state index in [4.69, 9.17) is 4.74 Å². The van der Waals surface area contributed by atoms with E-state index in [-0.39, 0.29) is 0 Å². The first-order valence-electron chi connectivity index (χ1n) is 6.03. The average Bonchev–Trinajstić information content (AvgIpc) is 2.75. The van der Waals surface area contributed by atoms with Crippen molar-refractivity contribution in [3.05, 3.63) is 16.1 Å². The van der Waals surface area contributed by atoms with Crippen molar-refractivity contribution < 1.29 is 4.74 Å². The fourth-order valence-corrected chi connectivity index (χ4v) is 2.28. The highest BCUT2D eigenvalue weighted by molar-refractivity contribution is 7.09. The normalized spacial score (nSPS) is 12.9. The third-order valence-electron chi connectivity index (χ3n) is 2.38. The number of aromatic nitrogens is 1. The molecule has 4 heteroatoms. The van der Waals surface area contributed by atoms with Crippen molar-refractivity contribution >= 4 is 11.3 Å². The summed E-state index contributed by atoms with van der Waals surface area (Å²) in [6, 6.07) is 0.358. The molecule has 0 aliphatic carbocycles. The van der Waals surface area contributed by atoms with Gasteiger partial charge in [-0.1, -0.05) is 6.92 Å². The maximum absolute atomic E-state index is 5.32. The van der Waals surface area contributed by atoms with Crippen molar-refractivity contribution in [2.24, 2.45) is 0 Å². The molecule has 1 unspecified atom stereocenters. The molecule has 0 aromatic carbocycles. The van der Waals surface area contributed by atoms with Crippen molar-refractivity contribution in [2.45, 2.75) is 39.7 Å². The van der Waals surface area contributed by atoms with Crippen LogP contribution in [0, 0.1) is 0 Å². The first-order chi connectivity index (χ1) is 7.77. The minimum atomic E-state index is 0.358. The summed E-state index contributed by atoms with van der Waals surface area (Å²) >= 11 is 1.73. The van der Waals surface area contributed by atoms with Crippen LogP contribution in [0.5, 0.6) is 0 Å². The lowest BCUT2D eigenvalue weighted by atomic mass is 10.2. The Morgan fingerprint density at radius 1 is 1.50 bits per heavy atom. The molecular formula is C12H22N2OS. The van der Waals surface area contributed by atoms with Crippen LogP contribution in [0.15, 0.2) is 5.38 Å². The Hall–Kier alpha value is -0.450. The van der Waals surface area contributed by atoms with Crippen LogP contribution in [0.1, 0.15) is 43.9 Å². The Labute approximate surface area is 102 Å². The molecule has 92 valence electrons. The monoisotopic (exact) mass is 242 g/mol. The lowest BCUT2D eigenvalue weighted by Gasteiger charge is -2.09. The van der Waals surface area contributed by atoms with E-state index in [1.165, 1.54) is 5.01 Å². The highest BCUT2D eigenvalue weighted by Gasteiger charge is 2.08. The molecule has 0 amide bonds. The minimum Gasteiger partial charge on any atom is -0.381 e. The zero-order chi connectivity index (χ0) is 11.8. The lowest BCUT2D eigenvalue weighted by Crippen LogP contribution is -2.19. The Kier molecular flexibility index (Phi) is 6.61. The fraction of sp³-hybridized carbons (Fsp3) is 0.750. The molecule has 0 aliphatic heterocycles. The topological polar surface area (TPSA) is 34.1 Å². The molecule has 16 heavy (non-hydrogen) atoms. The summed E-state index contributed by atoms with van der Waals surface area (Å²) in [5, 5.41) is 6.76. The maximum Gasteiger partial charge on any atom is 0.0951 e. The van der Waals surface area contributed by atoms with Gasteiger partial charge in [0.25, 0.3) is 0 Å². The van der Waals surface area contributed by atoms with Gasteiger partial charge >= 0.3 is 0 Å². The van der Waals surface area contributed by atoms with Crippen LogP contribution in [0.3, 0.4) is 0 Å².